The van der Waals surface area contributed by atoms with Crippen LogP contribution in [0.4, 0.5) is 0 Å². The molecule has 19 heavy (non-hydrogen) atoms. The molecule has 0 bridgehead atoms. The van der Waals surface area contributed by atoms with Crippen LogP contribution < -0.4 is 0 Å². The van der Waals surface area contributed by atoms with E-state index in [1.54, 1.807) is 0 Å². The molecule has 0 N–H and O–H groups in total. The second-order valence-corrected chi connectivity index (χ2v) is 6.23. The molecule has 2 aromatic carbocycles. The van der Waals surface area contributed by atoms with Gasteiger partial charge in [0.05, 0.1) is 0 Å². The van der Waals surface area contributed by atoms with Gasteiger partial charge in [-0.1, -0.05) is 0 Å². The van der Waals surface area contributed by atoms with Gasteiger partial charge in [-0.05, 0) is 0 Å². The van der Waals surface area contributed by atoms with Crippen molar-refractivity contribution in [3.05, 3.63) is 59.7 Å². The van der Waals surface area contributed by atoms with Gasteiger partial charge in [-0.2, -0.15) is 0 Å². The van der Waals surface area contributed by atoms with E-state index in [0.29, 0.717) is 0 Å². The van der Waals surface area contributed by atoms with Crippen LogP contribution in [0, 0.1) is 13.8 Å². The van der Waals surface area contributed by atoms with Gasteiger partial charge in [0.1, 0.15) is 0 Å². The molecule has 94 valence electrons. The predicted molar refractivity (Wildman–Crippen MR) is 79.3 cm³/mol. The van der Waals surface area contributed by atoms with Crippen LogP contribution in [0.3, 0.4) is 0 Å². The van der Waals surface area contributed by atoms with Gasteiger partial charge in [-0.3, -0.25) is 0 Å². The van der Waals surface area contributed by atoms with Gasteiger partial charge < -0.3 is 0 Å². The molecular weight excluding hydrogens is 299 g/mol. The molecule has 0 aliphatic rings. The number of benzene rings is 2. The SMILES string of the molecule is Cc1ccc(-c2n[se]c(-c3ccc(C)cc3)n2)cc1. The summed E-state index contributed by atoms with van der Waals surface area (Å²) in [5.74, 6) is 0.871. The molecule has 0 saturated carbocycles. The third kappa shape index (κ3) is 2.67. The van der Waals surface area contributed by atoms with Gasteiger partial charge in [0.25, 0.3) is 0 Å². The molecular formula is C16H14N2Se. The molecule has 3 rings (SSSR count). The van der Waals surface area contributed by atoms with E-state index in [4.69, 9.17) is 0 Å². The van der Waals surface area contributed by atoms with Crippen molar-refractivity contribution < 1.29 is 0 Å². The zero-order chi connectivity index (χ0) is 13.2. The van der Waals surface area contributed by atoms with E-state index in [1.165, 1.54) is 16.7 Å². The Morgan fingerprint density at radius 1 is 0.737 bits per heavy atom. The van der Waals surface area contributed by atoms with Crippen LogP contribution in [0.1, 0.15) is 11.1 Å². The van der Waals surface area contributed by atoms with Crippen LogP contribution in [-0.2, 0) is 0 Å². The van der Waals surface area contributed by atoms with Crippen LogP contribution in [0.2, 0.25) is 0 Å². The zero-order valence-corrected chi connectivity index (χ0v) is 12.6. The standard InChI is InChI=1S/C16H14N2Se/c1-11-3-7-13(8-4-11)15-17-16(19-18-15)14-9-5-12(2)6-10-14/h3-10H,1-2H3. The van der Waals surface area contributed by atoms with Crippen LogP contribution >= 0.6 is 0 Å². The molecule has 3 heteroatoms. The number of hydrogen-bond donors (Lipinski definition) is 0. The Labute approximate surface area is 119 Å². The van der Waals surface area contributed by atoms with Crippen LogP contribution in [0.5, 0.6) is 0 Å². The molecule has 0 amide bonds. The second kappa shape index (κ2) is 5.12. The first kappa shape index (κ1) is 12.3. The third-order valence-electron chi connectivity index (χ3n) is 3.03. The number of aromatic nitrogens is 2. The normalized spacial score (nSPS) is 10.6. The molecule has 0 aliphatic carbocycles. The Bertz CT molecular complexity index is 622. The molecule has 0 spiro atoms. The van der Waals surface area contributed by atoms with E-state index >= 15 is 0 Å². The second-order valence-electron chi connectivity index (χ2n) is 4.66. The summed E-state index contributed by atoms with van der Waals surface area (Å²) in [5.41, 5.74) is 4.83. The first-order valence-electron chi connectivity index (χ1n) is 6.20. The molecule has 0 radical (unpaired) electrons. The fraction of sp³-hybridized carbons (Fsp3) is 0.125. The Morgan fingerprint density at radius 2 is 1.26 bits per heavy atom. The summed E-state index contributed by atoms with van der Waals surface area (Å²) < 4.78 is 5.71. The Morgan fingerprint density at radius 3 is 1.84 bits per heavy atom. The van der Waals surface area contributed by atoms with Crippen LogP contribution in [-0.4, -0.2) is 23.7 Å². The maximum absolute atomic E-state index is 4.68. The topological polar surface area (TPSA) is 25.8 Å². The zero-order valence-electron chi connectivity index (χ0n) is 10.9. The summed E-state index contributed by atoms with van der Waals surface area (Å²) in [4.78, 5) is 4.68. The van der Waals surface area contributed by atoms with Crippen molar-refractivity contribution in [1.82, 2.24) is 8.96 Å². The van der Waals surface area contributed by atoms with Gasteiger partial charge in [0.2, 0.25) is 0 Å². The van der Waals surface area contributed by atoms with Gasteiger partial charge in [0, 0.05) is 0 Å². The molecule has 3 aromatic rings. The van der Waals surface area contributed by atoms with E-state index in [2.05, 4.69) is 71.3 Å². The van der Waals surface area contributed by atoms with Crippen LogP contribution in [0.15, 0.2) is 48.5 Å². The minimum atomic E-state index is 0.0927. The molecule has 0 fully saturated rings. The average molecular weight is 313 g/mol. The fourth-order valence-electron chi connectivity index (χ4n) is 1.86. The quantitative estimate of drug-likeness (QED) is 0.677. The van der Waals surface area contributed by atoms with E-state index in [9.17, 15) is 0 Å². The molecule has 1 aromatic heterocycles. The van der Waals surface area contributed by atoms with Crippen molar-refractivity contribution in [2.24, 2.45) is 0 Å². The molecule has 0 atom stereocenters. The van der Waals surface area contributed by atoms with E-state index in [-0.39, 0.29) is 14.7 Å². The first-order valence-corrected chi connectivity index (χ1v) is 7.82. The van der Waals surface area contributed by atoms with E-state index < -0.39 is 0 Å². The van der Waals surface area contributed by atoms with Gasteiger partial charge >= 0.3 is 119 Å². The van der Waals surface area contributed by atoms with E-state index in [1.807, 2.05) is 0 Å². The van der Waals surface area contributed by atoms with Crippen molar-refractivity contribution >= 4 is 14.7 Å². The molecule has 2 nitrogen and oxygen atoms in total. The monoisotopic (exact) mass is 314 g/mol. The maximum atomic E-state index is 4.68. The Kier molecular flexibility index (Phi) is 3.32. The molecule has 1 heterocycles. The van der Waals surface area contributed by atoms with Crippen molar-refractivity contribution in [2.75, 3.05) is 0 Å². The third-order valence-corrected chi connectivity index (χ3v) is 4.64. The van der Waals surface area contributed by atoms with Crippen molar-refractivity contribution in [2.45, 2.75) is 13.8 Å². The summed E-state index contributed by atoms with van der Waals surface area (Å²) in [6, 6.07) is 16.9. The summed E-state index contributed by atoms with van der Waals surface area (Å²) in [5, 5.41) is 0. The number of rotatable bonds is 2. The van der Waals surface area contributed by atoms with Crippen molar-refractivity contribution in [1.29, 1.82) is 0 Å². The van der Waals surface area contributed by atoms with Crippen molar-refractivity contribution in [3.63, 3.8) is 0 Å². The minimum absolute atomic E-state index is 0.0927. The predicted octanol–water partition coefficient (Wildman–Crippen LogP) is 3.48. The Hall–Kier alpha value is -1.70. The first-order chi connectivity index (χ1) is 9.22. The summed E-state index contributed by atoms with van der Waals surface area (Å²) in [6.07, 6.45) is 0. The fourth-order valence-corrected chi connectivity index (χ4v) is 3.30. The van der Waals surface area contributed by atoms with E-state index in [0.717, 1.165) is 16.0 Å². The summed E-state index contributed by atoms with van der Waals surface area (Å²) >= 11 is 0.0927. The molecule has 0 aliphatic heterocycles. The van der Waals surface area contributed by atoms with Crippen LogP contribution in [0.25, 0.3) is 21.5 Å². The van der Waals surface area contributed by atoms with Gasteiger partial charge in [0.15, 0.2) is 0 Å². The molecule has 0 saturated heterocycles. The summed E-state index contributed by atoms with van der Waals surface area (Å²) in [6.45, 7) is 4.19. The van der Waals surface area contributed by atoms with Gasteiger partial charge in [-0.15, -0.1) is 0 Å². The van der Waals surface area contributed by atoms with Gasteiger partial charge in [-0.25, -0.2) is 0 Å². The summed E-state index contributed by atoms with van der Waals surface area (Å²) in [7, 11) is 0. The number of hydrogen-bond acceptors (Lipinski definition) is 2. The number of nitrogens with zero attached hydrogens (tertiary/aromatic N) is 2. The average Bonchev–Trinajstić information content (AvgIpc) is 2.90. The van der Waals surface area contributed by atoms with Crippen molar-refractivity contribution in [3.8, 4) is 21.5 Å². The number of aryl methyl sites for hydroxylation is 2. The Balaban J connectivity index is 1.95. The molecule has 0 unspecified atom stereocenters.